The van der Waals surface area contributed by atoms with E-state index in [1.807, 2.05) is 12.2 Å². The van der Waals surface area contributed by atoms with Gasteiger partial charge in [-0.25, -0.2) is 4.98 Å². The zero-order valence-electron chi connectivity index (χ0n) is 7.79. The molecule has 1 aliphatic rings. The molecule has 1 aromatic rings. The Bertz CT molecular complexity index is 463. The Morgan fingerprint density at radius 3 is 2.80 bits per heavy atom. The molecule has 0 unspecified atom stereocenters. The molecule has 15 heavy (non-hydrogen) atoms. The first-order valence-corrected chi connectivity index (χ1v) is 5.18. The van der Waals surface area contributed by atoms with E-state index in [0.717, 1.165) is 4.88 Å². The van der Waals surface area contributed by atoms with Crippen molar-refractivity contribution in [2.45, 2.75) is 0 Å². The molecule has 76 valence electrons. The van der Waals surface area contributed by atoms with Gasteiger partial charge in [0.05, 0.1) is 10.6 Å². The Morgan fingerprint density at radius 1 is 1.27 bits per heavy atom. The van der Waals surface area contributed by atoms with Crippen LogP contribution < -0.4 is 5.73 Å². The van der Waals surface area contributed by atoms with E-state index in [1.165, 1.54) is 11.3 Å². The molecule has 1 aliphatic carbocycles. The Labute approximate surface area is 91.2 Å². The van der Waals surface area contributed by atoms with Crippen molar-refractivity contribution in [2.75, 3.05) is 5.73 Å². The summed E-state index contributed by atoms with van der Waals surface area (Å²) in [6, 6.07) is 0. The van der Waals surface area contributed by atoms with Crippen molar-refractivity contribution in [1.29, 1.82) is 0 Å². The molecule has 0 saturated heterocycles. The number of hydrogen-bond acceptors (Lipinski definition) is 5. The van der Waals surface area contributed by atoms with E-state index in [0.29, 0.717) is 16.3 Å². The molecule has 0 atom stereocenters. The van der Waals surface area contributed by atoms with Crippen LogP contribution >= 0.6 is 11.3 Å². The Morgan fingerprint density at radius 2 is 2.07 bits per heavy atom. The van der Waals surface area contributed by atoms with Crippen molar-refractivity contribution in [3.8, 4) is 0 Å². The highest BCUT2D eigenvalue weighted by atomic mass is 32.1. The van der Waals surface area contributed by atoms with Crippen LogP contribution in [0.4, 0.5) is 5.13 Å². The van der Waals surface area contributed by atoms with Crippen LogP contribution in [0.5, 0.6) is 0 Å². The van der Waals surface area contributed by atoms with Gasteiger partial charge in [-0.1, -0.05) is 35.6 Å². The highest BCUT2D eigenvalue weighted by Gasteiger charge is 2.22. The predicted octanol–water partition coefficient (Wildman–Crippen LogP) is 0.704. The summed E-state index contributed by atoms with van der Waals surface area (Å²) in [6.07, 6.45) is 8.85. The van der Waals surface area contributed by atoms with Crippen molar-refractivity contribution in [2.24, 2.45) is 0 Å². The lowest BCUT2D eigenvalue weighted by Gasteiger charge is -2.04. The molecular formula is C9H9BN2O2S. The minimum Gasteiger partial charge on any atom is -0.423 e. The van der Waals surface area contributed by atoms with Gasteiger partial charge in [0.2, 0.25) is 0 Å². The topological polar surface area (TPSA) is 79.4 Å². The van der Waals surface area contributed by atoms with Gasteiger partial charge in [0.15, 0.2) is 5.13 Å². The van der Waals surface area contributed by atoms with Crippen LogP contribution in [0.3, 0.4) is 0 Å². The Balaban J connectivity index is 2.57. The summed E-state index contributed by atoms with van der Waals surface area (Å²) in [7, 11) is -1.54. The van der Waals surface area contributed by atoms with Crippen molar-refractivity contribution < 1.29 is 10.0 Å². The van der Waals surface area contributed by atoms with Gasteiger partial charge in [0.25, 0.3) is 0 Å². The summed E-state index contributed by atoms with van der Waals surface area (Å²) in [5.74, 6) is 0. The van der Waals surface area contributed by atoms with Crippen LogP contribution in [0, 0.1) is 0 Å². The second-order valence-electron chi connectivity index (χ2n) is 3.00. The van der Waals surface area contributed by atoms with Crippen molar-refractivity contribution in [3.63, 3.8) is 0 Å². The number of aromatic nitrogens is 1. The highest BCUT2D eigenvalue weighted by molar-refractivity contribution is 7.16. The van der Waals surface area contributed by atoms with Gasteiger partial charge < -0.3 is 15.8 Å². The van der Waals surface area contributed by atoms with E-state index in [2.05, 4.69) is 4.98 Å². The number of thiazole rings is 1. The average Bonchev–Trinajstić information content (AvgIpc) is 2.47. The number of fused-ring (bicyclic) bond motifs is 1. The first kappa shape index (κ1) is 10.2. The van der Waals surface area contributed by atoms with Crippen LogP contribution in [0.2, 0.25) is 0 Å². The van der Waals surface area contributed by atoms with Crippen LogP contribution in [-0.2, 0) is 0 Å². The third kappa shape index (κ3) is 2.01. The van der Waals surface area contributed by atoms with Gasteiger partial charge in [0, 0.05) is 5.47 Å². The van der Waals surface area contributed by atoms with E-state index in [4.69, 9.17) is 5.73 Å². The zero-order chi connectivity index (χ0) is 10.8. The molecule has 0 bridgehead atoms. The highest BCUT2D eigenvalue weighted by Crippen LogP contribution is 2.29. The fourth-order valence-corrected chi connectivity index (χ4v) is 2.09. The summed E-state index contributed by atoms with van der Waals surface area (Å²) in [5, 5.41) is 18.8. The minimum absolute atomic E-state index is 0.360. The van der Waals surface area contributed by atoms with E-state index in [9.17, 15) is 10.0 Å². The molecule has 0 radical (unpaired) electrons. The summed E-state index contributed by atoms with van der Waals surface area (Å²) in [6.45, 7) is 0. The molecule has 0 fully saturated rings. The molecule has 0 aromatic carbocycles. The number of nitrogen functional groups attached to an aromatic ring is 1. The smallest absolute Gasteiger partial charge is 0.423 e. The first-order chi connectivity index (χ1) is 7.18. The molecule has 0 aliphatic heterocycles. The maximum absolute atomic E-state index is 9.20. The molecular weight excluding hydrogens is 211 g/mol. The standard InChI is InChI=1S/C9H9BN2O2S/c11-9-12-8-6(10(13)14)4-2-1-3-5-7(8)15-9/h1-5,13-14H,(H2,11,12)/b2-1-,3-1?,4-2?,5-3+,6-4?,7-5?,8-6?. The van der Waals surface area contributed by atoms with E-state index in [1.54, 1.807) is 18.2 Å². The Hall–Kier alpha value is -1.37. The van der Waals surface area contributed by atoms with Gasteiger partial charge in [-0.05, 0) is 6.08 Å². The lowest BCUT2D eigenvalue weighted by Crippen LogP contribution is -2.15. The fraction of sp³-hybridized carbons (Fsp3) is 0. The van der Waals surface area contributed by atoms with E-state index >= 15 is 0 Å². The second-order valence-corrected chi connectivity index (χ2v) is 4.07. The molecule has 6 heteroatoms. The number of hydrogen-bond donors (Lipinski definition) is 3. The molecule has 2 rings (SSSR count). The lowest BCUT2D eigenvalue weighted by atomic mass is 9.76. The monoisotopic (exact) mass is 220 g/mol. The van der Waals surface area contributed by atoms with Gasteiger partial charge in [0.1, 0.15) is 0 Å². The third-order valence-electron chi connectivity index (χ3n) is 1.97. The quantitative estimate of drug-likeness (QED) is 0.608. The molecule has 0 saturated carbocycles. The maximum Gasteiger partial charge on any atom is 0.490 e. The van der Waals surface area contributed by atoms with Crippen molar-refractivity contribution >= 4 is 35.1 Å². The lowest BCUT2D eigenvalue weighted by molar-refractivity contribution is 0.427. The minimum atomic E-state index is -1.54. The fourth-order valence-electron chi connectivity index (χ4n) is 1.32. The number of allylic oxidation sites excluding steroid dienone is 4. The zero-order valence-corrected chi connectivity index (χ0v) is 8.61. The predicted molar refractivity (Wildman–Crippen MR) is 62.9 cm³/mol. The van der Waals surface area contributed by atoms with Crippen molar-refractivity contribution in [1.82, 2.24) is 4.98 Å². The van der Waals surface area contributed by atoms with Gasteiger partial charge >= 0.3 is 7.12 Å². The number of nitrogens with two attached hydrogens (primary N) is 1. The summed E-state index contributed by atoms with van der Waals surface area (Å²) in [4.78, 5) is 4.91. The average molecular weight is 220 g/mol. The SMILES string of the molecule is Nc1nc2c(s1)/C=C/C=C\C=C2B(O)O. The molecule has 1 heterocycles. The second kappa shape index (κ2) is 4.02. The van der Waals surface area contributed by atoms with Crippen LogP contribution in [-0.4, -0.2) is 22.2 Å². The normalized spacial score (nSPS) is 18.4. The van der Waals surface area contributed by atoms with Crippen LogP contribution in [0.15, 0.2) is 24.3 Å². The third-order valence-corrected chi connectivity index (χ3v) is 2.82. The van der Waals surface area contributed by atoms with E-state index in [-0.39, 0.29) is 0 Å². The van der Waals surface area contributed by atoms with Gasteiger partial charge in [-0.2, -0.15) is 0 Å². The number of nitrogens with zero attached hydrogens (tertiary/aromatic N) is 1. The number of anilines is 1. The molecule has 4 nitrogen and oxygen atoms in total. The summed E-state index contributed by atoms with van der Waals surface area (Å²) >= 11 is 1.32. The maximum atomic E-state index is 9.20. The molecule has 1 aromatic heterocycles. The summed E-state index contributed by atoms with van der Waals surface area (Å²) in [5.41, 5.74) is 6.48. The first-order valence-electron chi connectivity index (χ1n) is 4.36. The van der Waals surface area contributed by atoms with Crippen LogP contribution in [0.1, 0.15) is 10.6 Å². The van der Waals surface area contributed by atoms with E-state index < -0.39 is 7.12 Å². The Kier molecular flexibility index (Phi) is 2.72. The molecule has 0 spiro atoms. The van der Waals surface area contributed by atoms with Gasteiger partial charge in [-0.3, -0.25) is 0 Å². The number of rotatable bonds is 1. The van der Waals surface area contributed by atoms with Crippen molar-refractivity contribution in [3.05, 3.63) is 34.9 Å². The molecule has 4 N–H and O–H groups in total. The van der Waals surface area contributed by atoms with Gasteiger partial charge in [-0.15, -0.1) is 0 Å². The largest absolute Gasteiger partial charge is 0.490 e. The summed E-state index contributed by atoms with van der Waals surface area (Å²) < 4.78 is 0. The van der Waals surface area contributed by atoms with Crippen LogP contribution in [0.25, 0.3) is 11.5 Å². The molecule has 0 amide bonds.